The Kier molecular flexibility index (Phi) is 5.28. The molecule has 0 saturated carbocycles. The number of nitrogens with one attached hydrogen (secondary N) is 2. The maximum atomic E-state index is 11.7. The minimum absolute atomic E-state index is 0.131. The van der Waals surface area contributed by atoms with Crippen molar-refractivity contribution in [3.63, 3.8) is 0 Å². The molecule has 20 heavy (non-hydrogen) atoms. The molecule has 1 aromatic rings. The first-order chi connectivity index (χ1) is 8.92. The molecule has 0 bridgehead atoms. The number of benzene rings is 1. The number of sulfonamides is 1. The van der Waals surface area contributed by atoms with E-state index in [9.17, 15) is 16.8 Å². The van der Waals surface area contributed by atoms with E-state index in [1.54, 1.807) is 13.8 Å². The van der Waals surface area contributed by atoms with Crippen LogP contribution in [0.1, 0.15) is 13.8 Å². The van der Waals surface area contributed by atoms with Crippen LogP contribution >= 0.6 is 23.2 Å². The van der Waals surface area contributed by atoms with Gasteiger partial charge in [-0.05, 0) is 26.0 Å². The van der Waals surface area contributed by atoms with Crippen LogP contribution in [-0.2, 0) is 20.2 Å². The first kappa shape index (κ1) is 17.5. The van der Waals surface area contributed by atoms with Gasteiger partial charge in [-0.2, -0.15) is 13.1 Å². The second kappa shape index (κ2) is 6.04. The molecular weight excluding hydrogens is 349 g/mol. The molecule has 0 heterocycles. The van der Waals surface area contributed by atoms with Gasteiger partial charge >= 0.3 is 0 Å². The van der Waals surface area contributed by atoms with Crippen molar-refractivity contribution in [1.82, 2.24) is 4.72 Å². The van der Waals surface area contributed by atoms with Crippen LogP contribution in [0.2, 0.25) is 10.0 Å². The topological polar surface area (TPSA) is 118 Å². The van der Waals surface area contributed by atoms with Crippen LogP contribution in [0.25, 0.3) is 0 Å². The van der Waals surface area contributed by atoms with Crippen LogP contribution in [0.5, 0.6) is 0 Å². The fourth-order valence-corrected chi connectivity index (χ4v) is 3.84. The maximum Gasteiger partial charge on any atom is 0.299 e. The van der Waals surface area contributed by atoms with Crippen LogP contribution in [0.3, 0.4) is 0 Å². The van der Waals surface area contributed by atoms with Gasteiger partial charge in [0.25, 0.3) is 10.2 Å². The minimum Gasteiger partial charge on any atom is -0.268 e. The molecule has 0 aliphatic carbocycles. The average Bonchev–Trinajstić information content (AvgIpc) is 2.19. The zero-order valence-corrected chi connectivity index (χ0v) is 13.7. The summed E-state index contributed by atoms with van der Waals surface area (Å²) in [7, 11) is -7.87. The maximum absolute atomic E-state index is 11.7. The van der Waals surface area contributed by atoms with E-state index in [-0.39, 0.29) is 26.7 Å². The van der Waals surface area contributed by atoms with Crippen LogP contribution in [0.15, 0.2) is 17.0 Å². The van der Waals surface area contributed by atoms with Gasteiger partial charge in [-0.25, -0.2) is 13.6 Å². The molecule has 0 spiro atoms. The standard InChI is InChI=1S/C9H13Cl2N3O4S2/c1-5(2)13-20(17,18)14-9-7(10)3-6(4-8(9)11)19(12,15)16/h3-5,13-14H,1-2H3,(H2,12,15,16). The smallest absolute Gasteiger partial charge is 0.268 e. The van der Waals surface area contributed by atoms with Crippen LogP contribution in [0.4, 0.5) is 5.69 Å². The van der Waals surface area contributed by atoms with E-state index in [0.717, 1.165) is 12.1 Å². The molecule has 1 rings (SSSR count). The summed E-state index contributed by atoms with van der Waals surface area (Å²) in [5.74, 6) is 0. The summed E-state index contributed by atoms with van der Waals surface area (Å²) in [6.45, 7) is 3.26. The first-order valence-electron chi connectivity index (χ1n) is 5.24. The fourth-order valence-electron chi connectivity index (χ4n) is 1.29. The third-order valence-electron chi connectivity index (χ3n) is 1.97. The van der Waals surface area contributed by atoms with Crippen LogP contribution < -0.4 is 14.6 Å². The predicted octanol–water partition coefficient (Wildman–Crippen LogP) is 1.30. The molecule has 114 valence electrons. The molecule has 0 aromatic heterocycles. The summed E-state index contributed by atoms with van der Waals surface area (Å²) >= 11 is 11.6. The van der Waals surface area contributed by atoms with Gasteiger partial charge in [-0.1, -0.05) is 23.2 Å². The van der Waals surface area contributed by atoms with Gasteiger partial charge in [0, 0.05) is 6.04 Å². The monoisotopic (exact) mass is 361 g/mol. The lowest BCUT2D eigenvalue weighted by atomic mass is 10.3. The van der Waals surface area contributed by atoms with Crippen molar-refractivity contribution < 1.29 is 16.8 Å². The molecule has 0 aliphatic rings. The highest BCUT2D eigenvalue weighted by Gasteiger charge is 2.19. The minimum atomic E-state index is -3.99. The fraction of sp³-hybridized carbons (Fsp3) is 0.333. The quantitative estimate of drug-likeness (QED) is 0.731. The van der Waals surface area contributed by atoms with Crippen LogP contribution in [-0.4, -0.2) is 22.9 Å². The van der Waals surface area contributed by atoms with Crippen molar-refractivity contribution in [3.8, 4) is 0 Å². The number of hydrogen-bond donors (Lipinski definition) is 3. The molecule has 11 heteroatoms. The van der Waals surface area contributed by atoms with E-state index >= 15 is 0 Å². The first-order valence-corrected chi connectivity index (χ1v) is 9.03. The Hall–Kier alpha value is -0.580. The molecule has 0 unspecified atom stereocenters. The molecule has 0 aliphatic heterocycles. The number of anilines is 1. The Morgan fingerprint density at radius 3 is 1.90 bits per heavy atom. The van der Waals surface area contributed by atoms with E-state index in [4.69, 9.17) is 28.3 Å². The van der Waals surface area contributed by atoms with Gasteiger partial charge in [0.15, 0.2) is 0 Å². The largest absolute Gasteiger partial charge is 0.299 e. The number of rotatable bonds is 5. The van der Waals surface area contributed by atoms with E-state index < -0.39 is 20.2 Å². The third-order valence-corrected chi connectivity index (χ3v) is 4.71. The van der Waals surface area contributed by atoms with E-state index in [2.05, 4.69) is 9.44 Å². The average molecular weight is 362 g/mol. The molecule has 4 N–H and O–H groups in total. The molecule has 0 amide bonds. The third kappa shape index (κ3) is 4.76. The highest BCUT2D eigenvalue weighted by Crippen LogP contribution is 2.33. The highest BCUT2D eigenvalue weighted by molar-refractivity contribution is 7.90. The normalized spacial score (nSPS) is 12.7. The molecule has 7 nitrogen and oxygen atoms in total. The van der Waals surface area contributed by atoms with Gasteiger partial charge < -0.3 is 0 Å². The van der Waals surface area contributed by atoms with Crippen molar-refractivity contribution in [1.29, 1.82) is 0 Å². The Labute approximate surface area is 127 Å². The second-order valence-electron chi connectivity index (χ2n) is 4.18. The summed E-state index contributed by atoms with van der Waals surface area (Å²) in [5, 5.41) is 4.57. The van der Waals surface area contributed by atoms with Gasteiger partial charge in [-0.15, -0.1) is 0 Å². The zero-order chi connectivity index (χ0) is 15.7. The molecule has 0 atom stereocenters. The van der Waals surface area contributed by atoms with Crippen molar-refractivity contribution in [2.24, 2.45) is 5.14 Å². The summed E-state index contributed by atoms with van der Waals surface area (Å²) < 4.78 is 50.2. The van der Waals surface area contributed by atoms with E-state index in [0.29, 0.717) is 0 Å². The van der Waals surface area contributed by atoms with Gasteiger partial charge in [0.05, 0.1) is 20.6 Å². The summed E-state index contributed by atoms with van der Waals surface area (Å²) in [5.41, 5.74) is -0.131. The highest BCUT2D eigenvalue weighted by atomic mass is 35.5. The Balaban J connectivity index is 3.23. The zero-order valence-electron chi connectivity index (χ0n) is 10.5. The SMILES string of the molecule is CC(C)NS(=O)(=O)Nc1c(Cl)cc(S(N)(=O)=O)cc1Cl. The number of nitrogens with two attached hydrogens (primary N) is 1. The number of hydrogen-bond acceptors (Lipinski definition) is 4. The van der Waals surface area contributed by atoms with Crippen molar-refractivity contribution in [3.05, 3.63) is 22.2 Å². The van der Waals surface area contributed by atoms with Crippen molar-refractivity contribution in [2.45, 2.75) is 24.8 Å². The van der Waals surface area contributed by atoms with Crippen LogP contribution in [0, 0.1) is 0 Å². The summed E-state index contributed by atoms with van der Waals surface area (Å²) in [4.78, 5) is -0.313. The van der Waals surface area contributed by atoms with Gasteiger partial charge in [0.1, 0.15) is 0 Å². The number of primary sulfonamides is 1. The lowest BCUT2D eigenvalue weighted by molar-refractivity contribution is 0.575. The predicted molar refractivity (Wildman–Crippen MR) is 78.6 cm³/mol. The number of halogens is 2. The van der Waals surface area contributed by atoms with Gasteiger partial charge in [0.2, 0.25) is 10.0 Å². The van der Waals surface area contributed by atoms with Crippen molar-refractivity contribution >= 4 is 49.1 Å². The Morgan fingerprint density at radius 2 is 1.55 bits per heavy atom. The summed E-state index contributed by atoms with van der Waals surface area (Å²) in [6, 6.07) is 1.68. The molecule has 0 fully saturated rings. The molecule has 0 saturated heterocycles. The molecule has 1 aromatic carbocycles. The Bertz CT molecular complexity index is 694. The van der Waals surface area contributed by atoms with E-state index in [1.165, 1.54) is 0 Å². The van der Waals surface area contributed by atoms with Crippen molar-refractivity contribution in [2.75, 3.05) is 4.72 Å². The van der Waals surface area contributed by atoms with E-state index in [1.807, 2.05) is 0 Å². The summed E-state index contributed by atoms with van der Waals surface area (Å²) in [6.07, 6.45) is 0. The molecular formula is C9H13Cl2N3O4S2. The molecule has 0 radical (unpaired) electrons. The second-order valence-corrected chi connectivity index (χ2v) is 8.01. The lowest BCUT2D eigenvalue weighted by Gasteiger charge is -2.14. The lowest BCUT2D eigenvalue weighted by Crippen LogP contribution is -2.35. The Morgan fingerprint density at radius 1 is 1.10 bits per heavy atom. The van der Waals surface area contributed by atoms with Gasteiger partial charge in [-0.3, -0.25) is 4.72 Å².